The summed E-state index contributed by atoms with van der Waals surface area (Å²) in [6.07, 6.45) is 2.34. The van der Waals surface area contributed by atoms with E-state index in [9.17, 15) is 0 Å². The Hall–Kier alpha value is -1.18. The van der Waals surface area contributed by atoms with Crippen LogP contribution in [0.5, 0.6) is 0 Å². The van der Waals surface area contributed by atoms with Crippen LogP contribution in [-0.2, 0) is 0 Å². The molecule has 0 atom stereocenters. The van der Waals surface area contributed by atoms with Crippen LogP contribution in [0.3, 0.4) is 0 Å². The highest BCUT2D eigenvalue weighted by Crippen LogP contribution is 2.11. The Labute approximate surface area is 78.0 Å². The van der Waals surface area contributed by atoms with Gasteiger partial charge in [-0.15, -0.1) is 0 Å². The van der Waals surface area contributed by atoms with Gasteiger partial charge in [-0.05, 0) is 25.3 Å². The molecule has 2 nitrogen and oxygen atoms in total. The molecule has 2 rings (SSSR count). The Kier molecular flexibility index (Phi) is 1.21. The Morgan fingerprint density at radius 1 is 1.42 bits per heavy atom. The van der Waals surface area contributed by atoms with E-state index in [1.54, 1.807) is 0 Å². The average molecular weight is 164 g/mol. The van der Waals surface area contributed by atoms with Gasteiger partial charge in [-0.3, -0.25) is 9.98 Å². The van der Waals surface area contributed by atoms with Gasteiger partial charge in [0.2, 0.25) is 0 Å². The molecule has 1 aliphatic heterocycles. The van der Waals surface area contributed by atoms with Gasteiger partial charge in [0.25, 0.3) is 0 Å². The van der Waals surface area contributed by atoms with Crippen LogP contribution in [0, 0.1) is 0 Å². The highest BCUT2D eigenvalue weighted by molar-refractivity contribution is 6.00. The molecule has 1 aromatic rings. The van der Waals surface area contributed by atoms with E-state index < -0.39 is 0 Å². The van der Waals surface area contributed by atoms with E-state index in [0.717, 1.165) is 19.3 Å². The number of hydrogen-bond acceptors (Lipinski definition) is 2. The summed E-state index contributed by atoms with van der Waals surface area (Å²) in [5, 5.41) is 0. The van der Waals surface area contributed by atoms with Crippen LogP contribution in [0.2, 0.25) is 0 Å². The molecule has 2 heteroatoms. The number of pyridine rings is 1. The topological polar surface area (TPSA) is 25.2 Å². The first-order chi connectivity index (χ1) is 7.61. The maximum atomic E-state index is 7.76. The van der Waals surface area contributed by atoms with Crippen molar-refractivity contribution in [2.24, 2.45) is 4.99 Å². The molecule has 12 heavy (non-hydrogen) atoms. The van der Waals surface area contributed by atoms with Gasteiger partial charge in [0.1, 0.15) is 0 Å². The highest BCUT2D eigenvalue weighted by Gasteiger charge is 2.06. The normalized spacial score (nSPS) is 21.8. The molecule has 1 aromatic heterocycles. The second-order valence-corrected chi connectivity index (χ2v) is 2.75. The van der Waals surface area contributed by atoms with Crippen LogP contribution in [0.4, 0.5) is 0 Å². The molecule has 0 N–H and O–H groups in total. The molecule has 0 fully saturated rings. The maximum Gasteiger partial charge on any atom is 0.0847 e. The average Bonchev–Trinajstić information content (AvgIpc) is 2.28. The molecular weight excluding hydrogens is 148 g/mol. The van der Waals surface area contributed by atoms with Gasteiger partial charge in [-0.1, -0.05) is 6.04 Å². The largest absolute Gasteiger partial charge is 0.289 e. The Morgan fingerprint density at radius 2 is 2.42 bits per heavy atom. The predicted octanol–water partition coefficient (Wildman–Crippen LogP) is 2.05. The van der Waals surface area contributed by atoms with Crippen LogP contribution in [0.15, 0.2) is 29.4 Å². The molecule has 0 spiro atoms. The summed E-state index contributed by atoms with van der Waals surface area (Å²) in [6, 6.07) is -0.315. The quantitative estimate of drug-likeness (QED) is 0.623. The van der Waals surface area contributed by atoms with Crippen LogP contribution >= 0.6 is 0 Å². The standard InChI is InChI=1S/C10H12N2/c1-2-7-12-10(5-1)9-4-3-6-11-8-9/h3-4,6,8H,1-2,5,7H2/i3D,4D,6D,8D. The molecule has 0 saturated heterocycles. The van der Waals surface area contributed by atoms with E-state index in [4.69, 9.17) is 5.48 Å². The van der Waals surface area contributed by atoms with Crippen molar-refractivity contribution in [3.63, 3.8) is 0 Å². The first kappa shape index (κ1) is 4.17. The fraction of sp³-hybridized carbons (Fsp3) is 0.400. The van der Waals surface area contributed by atoms with Crippen molar-refractivity contribution in [1.29, 1.82) is 0 Å². The monoisotopic (exact) mass is 164 g/mol. The van der Waals surface area contributed by atoms with Gasteiger partial charge in [-0.2, -0.15) is 0 Å². The molecule has 0 bridgehead atoms. The second kappa shape index (κ2) is 3.48. The number of aromatic nitrogens is 1. The first-order valence-corrected chi connectivity index (χ1v) is 4.09. The van der Waals surface area contributed by atoms with Crippen molar-refractivity contribution < 1.29 is 5.48 Å². The van der Waals surface area contributed by atoms with Crippen molar-refractivity contribution in [2.45, 2.75) is 19.3 Å². The minimum atomic E-state index is -0.310. The summed E-state index contributed by atoms with van der Waals surface area (Å²) >= 11 is 0. The number of rotatable bonds is 1. The molecule has 0 aromatic carbocycles. The maximum absolute atomic E-state index is 7.76. The summed E-state index contributed by atoms with van der Waals surface area (Å²) in [6.45, 7) is 0.712. The SMILES string of the molecule is [2H]c1nc([2H])c(C2=NCCCC2)c([2H])c1[2H]. The fourth-order valence-electron chi connectivity index (χ4n) is 1.27. The molecule has 0 aliphatic carbocycles. The highest BCUT2D eigenvalue weighted by atomic mass is 14.8. The Morgan fingerprint density at radius 3 is 3.25 bits per heavy atom. The van der Waals surface area contributed by atoms with E-state index >= 15 is 0 Å². The van der Waals surface area contributed by atoms with E-state index in [0.29, 0.717) is 17.8 Å². The Balaban J connectivity index is 2.56. The summed E-state index contributed by atoms with van der Waals surface area (Å²) in [5.74, 6) is 0. The van der Waals surface area contributed by atoms with E-state index in [1.165, 1.54) is 0 Å². The third-order valence-corrected chi connectivity index (χ3v) is 1.88. The molecule has 1 aliphatic rings. The fourth-order valence-corrected chi connectivity index (χ4v) is 1.27. The third kappa shape index (κ3) is 1.52. The van der Waals surface area contributed by atoms with Gasteiger partial charge in [-0.25, -0.2) is 0 Å². The molecule has 0 amide bonds. The third-order valence-electron chi connectivity index (χ3n) is 1.88. The van der Waals surface area contributed by atoms with Crippen LogP contribution in [-0.4, -0.2) is 17.2 Å². The summed E-state index contributed by atoms with van der Waals surface area (Å²) in [4.78, 5) is 7.94. The van der Waals surface area contributed by atoms with Crippen LogP contribution < -0.4 is 0 Å². The van der Waals surface area contributed by atoms with Crippen molar-refractivity contribution in [3.05, 3.63) is 30.0 Å². The lowest BCUT2D eigenvalue weighted by molar-refractivity contribution is 0.738. The molecule has 0 radical (unpaired) electrons. The minimum Gasteiger partial charge on any atom is -0.289 e. The lowest BCUT2D eigenvalue weighted by Gasteiger charge is -2.10. The number of aliphatic imine (C=N–C) groups is 1. The lowest BCUT2D eigenvalue weighted by atomic mass is 10.0. The lowest BCUT2D eigenvalue weighted by Crippen LogP contribution is -2.07. The van der Waals surface area contributed by atoms with Crippen LogP contribution in [0.25, 0.3) is 0 Å². The zero-order valence-electron chi connectivity index (χ0n) is 10.7. The zero-order valence-corrected chi connectivity index (χ0v) is 6.72. The molecular formula is C10H12N2. The second-order valence-electron chi connectivity index (χ2n) is 2.75. The summed E-state index contributed by atoms with van der Waals surface area (Å²) in [7, 11) is 0. The van der Waals surface area contributed by atoms with E-state index in [2.05, 4.69) is 9.98 Å². The Bertz CT molecular complexity index is 457. The molecule has 2 heterocycles. The van der Waals surface area contributed by atoms with Gasteiger partial charge in [0, 0.05) is 30.2 Å². The van der Waals surface area contributed by atoms with Crippen molar-refractivity contribution >= 4 is 5.71 Å². The molecule has 0 unspecified atom stereocenters. The van der Waals surface area contributed by atoms with Crippen molar-refractivity contribution in [3.8, 4) is 0 Å². The number of hydrogen-bond donors (Lipinski definition) is 0. The van der Waals surface area contributed by atoms with E-state index in [-0.39, 0.29) is 24.4 Å². The van der Waals surface area contributed by atoms with Gasteiger partial charge >= 0.3 is 0 Å². The first-order valence-electron chi connectivity index (χ1n) is 6.09. The smallest absolute Gasteiger partial charge is 0.0847 e. The van der Waals surface area contributed by atoms with Gasteiger partial charge in [0.05, 0.1) is 5.48 Å². The predicted molar refractivity (Wildman–Crippen MR) is 49.5 cm³/mol. The van der Waals surface area contributed by atoms with Crippen LogP contribution in [0.1, 0.15) is 30.3 Å². The van der Waals surface area contributed by atoms with Crippen molar-refractivity contribution in [1.82, 2.24) is 4.98 Å². The summed E-state index contributed by atoms with van der Waals surface area (Å²) < 4.78 is 30.3. The van der Waals surface area contributed by atoms with Gasteiger partial charge < -0.3 is 0 Å². The molecule has 62 valence electrons. The zero-order chi connectivity index (χ0) is 11.7. The number of nitrogens with zero attached hydrogens (tertiary/aromatic N) is 2. The summed E-state index contributed by atoms with van der Waals surface area (Å²) in [5.41, 5.74) is 1.03. The van der Waals surface area contributed by atoms with Crippen molar-refractivity contribution in [2.75, 3.05) is 6.54 Å². The minimum absolute atomic E-state index is 0.0920. The van der Waals surface area contributed by atoms with Gasteiger partial charge in [0.15, 0.2) is 0 Å². The van der Waals surface area contributed by atoms with E-state index in [1.807, 2.05) is 0 Å². The molecule has 0 saturated carbocycles.